The summed E-state index contributed by atoms with van der Waals surface area (Å²) >= 11 is 0. The van der Waals surface area contributed by atoms with Crippen LogP contribution in [0.1, 0.15) is 26.7 Å². The summed E-state index contributed by atoms with van der Waals surface area (Å²) in [6, 6.07) is 0. The minimum Gasteiger partial charge on any atom is -0.303 e. The van der Waals surface area contributed by atoms with Crippen molar-refractivity contribution in [2.24, 2.45) is 5.92 Å². The van der Waals surface area contributed by atoms with Gasteiger partial charge in [0.2, 0.25) is 0 Å². The number of hydrogen-bond acceptors (Lipinski definition) is 3. The molecule has 0 aliphatic carbocycles. The number of rotatable bonds is 6. The summed E-state index contributed by atoms with van der Waals surface area (Å²) in [6.45, 7) is 11.1. The second-order valence-corrected chi connectivity index (χ2v) is 4.37. The van der Waals surface area contributed by atoms with Gasteiger partial charge in [0.15, 0.2) is 0 Å². The molecule has 15 heavy (non-hydrogen) atoms. The molecule has 1 heterocycles. The SMILES string of the molecule is CCN(CC)CCN1CCCC(C=O)C1. The van der Waals surface area contributed by atoms with E-state index >= 15 is 0 Å². The van der Waals surface area contributed by atoms with Crippen LogP contribution in [0.25, 0.3) is 0 Å². The molecule has 0 amide bonds. The normalized spacial score (nSPS) is 23.3. The van der Waals surface area contributed by atoms with Crippen LogP contribution in [0.2, 0.25) is 0 Å². The van der Waals surface area contributed by atoms with Crippen molar-refractivity contribution in [1.29, 1.82) is 0 Å². The van der Waals surface area contributed by atoms with Crippen molar-refractivity contribution < 1.29 is 4.79 Å². The molecule has 1 fully saturated rings. The molecule has 1 rings (SSSR count). The van der Waals surface area contributed by atoms with Gasteiger partial charge in [0.1, 0.15) is 6.29 Å². The van der Waals surface area contributed by atoms with Gasteiger partial charge in [-0.1, -0.05) is 13.8 Å². The number of nitrogens with zero attached hydrogens (tertiary/aromatic N) is 2. The van der Waals surface area contributed by atoms with Gasteiger partial charge in [-0.3, -0.25) is 0 Å². The quantitative estimate of drug-likeness (QED) is 0.619. The Bertz CT molecular complexity index is 180. The Hall–Kier alpha value is -0.410. The van der Waals surface area contributed by atoms with Crippen molar-refractivity contribution in [2.75, 3.05) is 39.3 Å². The summed E-state index contributed by atoms with van der Waals surface area (Å²) < 4.78 is 0. The minimum absolute atomic E-state index is 0.287. The number of likely N-dealkylation sites (N-methyl/N-ethyl adjacent to an activating group) is 1. The molecule has 0 aromatic heterocycles. The van der Waals surface area contributed by atoms with E-state index in [1.54, 1.807) is 0 Å². The first kappa shape index (κ1) is 12.7. The summed E-state index contributed by atoms with van der Waals surface area (Å²) in [7, 11) is 0. The van der Waals surface area contributed by atoms with Gasteiger partial charge in [0, 0.05) is 25.6 Å². The van der Waals surface area contributed by atoms with E-state index in [1.165, 1.54) is 13.0 Å². The maximum atomic E-state index is 10.7. The number of likely N-dealkylation sites (tertiary alicyclic amines) is 1. The molecule has 1 saturated heterocycles. The highest BCUT2D eigenvalue weighted by Crippen LogP contribution is 2.13. The number of hydrogen-bond donors (Lipinski definition) is 0. The summed E-state index contributed by atoms with van der Waals surface area (Å²) in [4.78, 5) is 15.6. The number of piperidine rings is 1. The molecule has 1 atom stereocenters. The second kappa shape index (κ2) is 6.96. The zero-order chi connectivity index (χ0) is 11.1. The Balaban J connectivity index is 2.22. The van der Waals surface area contributed by atoms with Crippen LogP contribution in [0.15, 0.2) is 0 Å². The molecule has 0 aromatic rings. The third kappa shape index (κ3) is 4.31. The lowest BCUT2D eigenvalue weighted by molar-refractivity contribution is -0.112. The fraction of sp³-hybridized carbons (Fsp3) is 0.917. The highest BCUT2D eigenvalue weighted by molar-refractivity contribution is 5.53. The molecule has 0 spiro atoms. The third-order valence-electron chi connectivity index (χ3n) is 3.36. The van der Waals surface area contributed by atoms with E-state index in [4.69, 9.17) is 0 Å². The van der Waals surface area contributed by atoms with Crippen LogP contribution >= 0.6 is 0 Å². The Morgan fingerprint density at radius 3 is 2.73 bits per heavy atom. The van der Waals surface area contributed by atoms with Crippen molar-refractivity contribution >= 4 is 6.29 Å². The maximum Gasteiger partial charge on any atom is 0.124 e. The standard InChI is InChI=1S/C12H24N2O/c1-3-13(4-2)8-9-14-7-5-6-12(10-14)11-15/h11-12H,3-10H2,1-2H3. The fourth-order valence-corrected chi connectivity index (χ4v) is 2.23. The molecule has 0 bridgehead atoms. The fourth-order valence-electron chi connectivity index (χ4n) is 2.23. The third-order valence-corrected chi connectivity index (χ3v) is 3.36. The first-order chi connectivity index (χ1) is 7.30. The topological polar surface area (TPSA) is 23.6 Å². The van der Waals surface area contributed by atoms with E-state index in [0.29, 0.717) is 0 Å². The van der Waals surface area contributed by atoms with Crippen LogP contribution in [0, 0.1) is 5.92 Å². The lowest BCUT2D eigenvalue weighted by atomic mass is 10.00. The van der Waals surface area contributed by atoms with Crippen molar-refractivity contribution in [3.05, 3.63) is 0 Å². The predicted octanol–water partition coefficient (Wildman–Crippen LogP) is 1.24. The van der Waals surface area contributed by atoms with Gasteiger partial charge in [-0.2, -0.15) is 0 Å². The minimum atomic E-state index is 0.287. The van der Waals surface area contributed by atoms with Crippen LogP contribution in [-0.2, 0) is 4.79 Å². The van der Waals surface area contributed by atoms with Gasteiger partial charge in [-0.15, -0.1) is 0 Å². The Labute approximate surface area is 93.4 Å². The monoisotopic (exact) mass is 212 g/mol. The molecule has 3 heteroatoms. The number of carbonyl (C=O) groups is 1. The first-order valence-corrected chi connectivity index (χ1v) is 6.20. The predicted molar refractivity (Wildman–Crippen MR) is 63.0 cm³/mol. The molecule has 0 radical (unpaired) electrons. The molecule has 0 N–H and O–H groups in total. The molecule has 1 aliphatic heterocycles. The van der Waals surface area contributed by atoms with Crippen molar-refractivity contribution in [3.63, 3.8) is 0 Å². The lowest BCUT2D eigenvalue weighted by Crippen LogP contribution is -2.41. The van der Waals surface area contributed by atoms with Gasteiger partial charge >= 0.3 is 0 Å². The summed E-state index contributed by atoms with van der Waals surface area (Å²) in [5, 5.41) is 0. The average molecular weight is 212 g/mol. The van der Waals surface area contributed by atoms with Crippen LogP contribution in [0.3, 0.4) is 0 Å². The first-order valence-electron chi connectivity index (χ1n) is 6.20. The van der Waals surface area contributed by atoms with Crippen LogP contribution < -0.4 is 0 Å². The molecule has 1 aliphatic rings. The van der Waals surface area contributed by atoms with Gasteiger partial charge in [-0.25, -0.2) is 0 Å². The molecular formula is C12H24N2O. The van der Waals surface area contributed by atoms with E-state index in [-0.39, 0.29) is 5.92 Å². The Kier molecular flexibility index (Phi) is 5.88. The summed E-state index contributed by atoms with van der Waals surface area (Å²) in [5.41, 5.74) is 0. The van der Waals surface area contributed by atoms with Gasteiger partial charge in [0.25, 0.3) is 0 Å². The molecular weight excluding hydrogens is 188 g/mol. The van der Waals surface area contributed by atoms with E-state index in [9.17, 15) is 4.79 Å². The van der Waals surface area contributed by atoms with E-state index in [1.807, 2.05) is 0 Å². The van der Waals surface area contributed by atoms with Crippen molar-refractivity contribution in [1.82, 2.24) is 9.80 Å². The molecule has 0 saturated carbocycles. The zero-order valence-electron chi connectivity index (χ0n) is 10.1. The average Bonchev–Trinajstić information content (AvgIpc) is 2.31. The van der Waals surface area contributed by atoms with Crippen molar-refractivity contribution in [2.45, 2.75) is 26.7 Å². The number of aldehydes is 1. The maximum absolute atomic E-state index is 10.7. The Morgan fingerprint density at radius 2 is 2.13 bits per heavy atom. The highest BCUT2D eigenvalue weighted by Gasteiger charge is 2.18. The van der Waals surface area contributed by atoms with Gasteiger partial charge in [-0.05, 0) is 32.5 Å². The van der Waals surface area contributed by atoms with Crippen LogP contribution in [-0.4, -0.2) is 55.4 Å². The highest BCUT2D eigenvalue weighted by atomic mass is 16.1. The van der Waals surface area contributed by atoms with E-state index < -0.39 is 0 Å². The van der Waals surface area contributed by atoms with Crippen LogP contribution in [0.4, 0.5) is 0 Å². The smallest absolute Gasteiger partial charge is 0.124 e. The molecule has 88 valence electrons. The largest absolute Gasteiger partial charge is 0.303 e. The summed E-state index contributed by atoms with van der Waals surface area (Å²) in [6.07, 6.45) is 3.40. The van der Waals surface area contributed by atoms with E-state index in [2.05, 4.69) is 23.6 Å². The summed E-state index contributed by atoms with van der Waals surface area (Å²) in [5.74, 6) is 0.287. The zero-order valence-corrected chi connectivity index (χ0v) is 10.1. The van der Waals surface area contributed by atoms with Gasteiger partial charge < -0.3 is 14.6 Å². The second-order valence-electron chi connectivity index (χ2n) is 4.37. The van der Waals surface area contributed by atoms with Gasteiger partial charge in [0.05, 0.1) is 0 Å². The van der Waals surface area contributed by atoms with Crippen molar-refractivity contribution in [3.8, 4) is 0 Å². The number of carbonyl (C=O) groups excluding carboxylic acids is 1. The molecule has 0 aromatic carbocycles. The molecule has 3 nitrogen and oxygen atoms in total. The lowest BCUT2D eigenvalue weighted by Gasteiger charge is -2.31. The Morgan fingerprint density at radius 1 is 1.40 bits per heavy atom. The molecule has 1 unspecified atom stereocenters. The van der Waals surface area contributed by atoms with E-state index in [0.717, 1.165) is 45.4 Å². The van der Waals surface area contributed by atoms with Crippen LogP contribution in [0.5, 0.6) is 0 Å².